The number of rotatable bonds is 7. The van der Waals surface area contributed by atoms with Gasteiger partial charge in [-0.05, 0) is 43.4 Å². The van der Waals surface area contributed by atoms with Crippen molar-refractivity contribution in [3.63, 3.8) is 0 Å². The number of ether oxygens (including phenoxy) is 1. The Labute approximate surface area is 167 Å². The topological polar surface area (TPSA) is 47.4 Å². The van der Waals surface area contributed by atoms with Gasteiger partial charge in [-0.2, -0.15) is 13.2 Å². The predicted molar refractivity (Wildman–Crippen MR) is 99.9 cm³/mol. The number of carbonyl (C=O) groups excluding carboxylic acids is 1. The minimum atomic E-state index is -4.34. The number of carbonyl (C=O) groups is 1. The summed E-state index contributed by atoms with van der Waals surface area (Å²) in [6.07, 6.45) is 3.00. The summed E-state index contributed by atoms with van der Waals surface area (Å²) in [5.41, 5.74) is 0.0846. The molecule has 4 rings (SSSR count). The molecule has 0 unspecified atom stereocenters. The van der Waals surface area contributed by atoms with Gasteiger partial charge >= 0.3 is 6.18 Å². The molecule has 1 amide bonds. The number of imidazole rings is 1. The summed E-state index contributed by atoms with van der Waals surface area (Å²) in [5, 5.41) is 0. The molecule has 2 aromatic rings. The van der Waals surface area contributed by atoms with Crippen LogP contribution in [0.25, 0.3) is 0 Å². The molecule has 1 aromatic carbocycles. The second kappa shape index (κ2) is 8.18. The molecule has 8 heteroatoms. The van der Waals surface area contributed by atoms with Crippen molar-refractivity contribution in [3.05, 3.63) is 53.6 Å². The molecule has 1 saturated heterocycles. The van der Waals surface area contributed by atoms with Crippen LogP contribution in [0.3, 0.4) is 0 Å². The Morgan fingerprint density at radius 2 is 1.97 bits per heavy atom. The number of alkyl halides is 3. The Morgan fingerprint density at radius 1 is 1.21 bits per heavy atom. The maximum absolute atomic E-state index is 12.8. The Hall–Kier alpha value is -2.35. The van der Waals surface area contributed by atoms with Crippen molar-refractivity contribution in [3.8, 4) is 0 Å². The van der Waals surface area contributed by atoms with E-state index in [1.165, 1.54) is 12.1 Å². The molecule has 1 saturated carbocycles. The Kier molecular flexibility index (Phi) is 5.63. The van der Waals surface area contributed by atoms with E-state index in [1.807, 2.05) is 9.47 Å². The van der Waals surface area contributed by atoms with Gasteiger partial charge in [-0.3, -0.25) is 4.79 Å². The lowest BCUT2D eigenvalue weighted by molar-refractivity contribution is -0.137. The van der Waals surface area contributed by atoms with E-state index in [-0.39, 0.29) is 17.9 Å². The van der Waals surface area contributed by atoms with Crippen molar-refractivity contribution < 1.29 is 22.7 Å². The molecule has 5 nitrogen and oxygen atoms in total. The van der Waals surface area contributed by atoms with Crippen LogP contribution in [-0.4, -0.2) is 39.6 Å². The van der Waals surface area contributed by atoms with Gasteiger partial charge in [0.05, 0.1) is 18.2 Å². The molecule has 1 aliphatic heterocycles. The first-order valence-electron chi connectivity index (χ1n) is 9.96. The van der Waals surface area contributed by atoms with E-state index in [0.717, 1.165) is 55.8 Å². The summed E-state index contributed by atoms with van der Waals surface area (Å²) >= 11 is 0. The Bertz CT molecular complexity index is 838. The van der Waals surface area contributed by atoms with Gasteiger partial charge in [-0.15, -0.1) is 0 Å². The molecular weight excluding hydrogens is 383 g/mol. The molecule has 156 valence electrons. The maximum atomic E-state index is 12.8. The van der Waals surface area contributed by atoms with Gasteiger partial charge in [-0.25, -0.2) is 4.98 Å². The van der Waals surface area contributed by atoms with Crippen LogP contribution in [0.15, 0.2) is 36.7 Å². The Morgan fingerprint density at radius 3 is 2.59 bits per heavy atom. The average molecular weight is 407 g/mol. The summed E-state index contributed by atoms with van der Waals surface area (Å²) in [6, 6.07) is 5.14. The first kappa shape index (κ1) is 19.9. The fourth-order valence-corrected chi connectivity index (χ4v) is 3.66. The molecule has 29 heavy (non-hydrogen) atoms. The molecule has 1 aromatic heterocycles. The van der Waals surface area contributed by atoms with E-state index in [2.05, 4.69) is 4.98 Å². The normalized spacial score (nSPS) is 19.5. The number of amides is 1. The molecule has 0 radical (unpaired) electrons. The second-order valence-electron chi connectivity index (χ2n) is 7.79. The fraction of sp³-hybridized carbons (Fsp3) is 0.524. The van der Waals surface area contributed by atoms with Gasteiger partial charge in [0.25, 0.3) is 0 Å². The van der Waals surface area contributed by atoms with Crippen LogP contribution in [-0.2, 0) is 28.8 Å². The molecule has 0 N–H and O–H groups in total. The molecule has 1 aliphatic carbocycles. The monoisotopic (exact) mass is 407 g/mol. The summed E-state index contributed by atoms with van der Waals surface area (Å²) < 4.78 is 45.8. The van der Waals surface area contributed by atoms with E-state index in [4.69, 9.17) is 4.74 Å². The van der Waals surface area contributed by atoms with Crippen molar-refractivity contribution in [2.75, 3.05) is 13.2 Å². The van der Waals surface area contributed by atoms with Crippen LogP contribution in [0.4, 0.5) is 13.2 Å². The highest BCUT2D eigenvalue weighted by molar-refractivity contribution is 5.81. The molecule has 2 heterocycles. The summed E-state index contributed by atoms with van der Waals surface area (Å²) in [6.45, 7) is 2.07. The first-order valence-corrected chi connectivity index (χ1v) is 9.96. The van der Waals surface area contributed by atoms with Crippen molar-refractivity contribution in [2.24, 2.45) is 5.92 Å². The Balaban J connectivity index is 1.46. The minimum Gasteiger partial charge on any atom is -0.376 e. The third-order valence-electron chi connectivity index (χ3n) is 5.45. The van der Waals surface area contributed by atoms with Crippen LogP contribution >= 0.6 is 0 Å². The van der Waals surface area contributed by atoms with Crippen LogP contribution in [0.5, 0.6) is 0 Å². The highest BCUT2D eigenvalue weighted by atomic mass is 19.4. The van der Waals surface area contributed by atoms with Crippen molar-refractivity contribution in [1.82, 2.24) is 14.5 Å². The largest absolute Gasteiger partial charge is 0.416 e. The summed E-state index contributed by atoms with van der Waals surface area (Å²) in [4.78, 5) is 19.0. The number of benzene rings is 1. The third-order valence-corrected chi connectivity index (χ3v) is 5.45. The number of halogens is 3. The SMILES string of the molecule is O=C(C1CC1)N(Cc1nccn1Cc1ccc(C(F)(F)F)cc1)C[C@@H]1CCCO1. The quantitative estimate of drug-likeness (QED) is 0.700. The van der Waals surface area contributed by atoms with Crippen LogP contribution in [0.2, 0.25) is 0 Å². The first-order chi connectivity index (χ1) is 13.9. The van der Waals surface area contributed by atoms with E-state index < -0.39 is 11.7 Å². The zero-order chi connectivity index (χ0) is 20.4. The molecular formula is C21H24F3N3O2. The third kappa shape index (κ3) is 4.98. The zero-order valence-corrected chi connectivity index (χ0v) is 16.1. The zero-order valence-electron chi connectivity index (χ0n) is 16.1. The lowest BCUT2D eigenvalue weighted by atomic mass is 10.1. The summed E-state index contributed by atoms with van der Waals surface area (Å²) in [5.74, 6) is 0.969. The number of nitrogens with zero attached hydrogens (tertiary/aromatic N) is 3. The molecule has 1 atom stereocenters. The lowest BCUT2D eigenvalue weighted by Gasteiger charge is -2.25. The lowest BCUT2D eigenvalue weighted by Crippen LogP contribution is -2.38. The highest BCUT2D eigenvalue weighted by Gasteiger charge is 2.35. The van der Waals surface area contributed by atoms with Crippen molar-refractivity contribution >= 4 is 5.91 Å². The number of hydrogen-bond donors (Lipinski definition) is 0. The van der Waals surface area contributed by atoms with E-state index in [1.54, 1.807) is 12.4 Å². The molecule has 2 aliphatic rings. The number of hydrogen-bond acceptors (Lipinski definition) is 3. The van der Waals surface area contributed by atoms with E-state index in [0.29, 0.717) is 19.6 Å². The van der Waals surface area contributed by atoms with E-state index >= 15 is 0 Å². The van der Waals surface area contributed by atoms with Gasteiger partial charge in [0.15, 0.2) is 0 Å². The second-order valence-corrected chi connectivity index (χ2v) is 7.79. The van der Waals surface area contributed by atoms with Gasteiger partial charge in [0.2, 0.25) is 5.91 Å². The smallest absolute Gasteiger partial charge is 0.376 e. The van der Waals surface area contributed by atoms with Crippen LogP contribution in [0.1, 0.15) is 42.6 Å². The van der Waals surface area contributed by atoms with Gasteiger partial charge in [-0.1, -0.05) is 12.1 Å². The van der Waals surface area contributed by atoms with Crippen LogP contribution < -0.4 is 0 Å². The minimum absolute atomic E-state index is 0.0658. The number of aromatic nitrogens is 2. The van der Waals surface area contributed by atoms with Crippen molar-refractivity contribution in [2.45, 2.75) is 51.1 Å². The highest BCUT2D eigenvalue weighted by Crippen LogP contribution is 2.32. The van der Waals surface area contributed by atoms with Gasteiger partial charge in [0.1, 0.15) is 5.82 Å². The molecule has 0 bridgehead atoms. The van der Waals surface area contributed by atoms with Gasteiger partial charge < -0.3 is 14.2 Å². The van der Waals surface area contributed by atoms with Crippen LogP contribution in [0, 0.1) is 5.92 Å². The molecule has 2 fully saturated rings. The molecule has 0 spiro atoms. The van der Waals surface area contributed by atoms with E-state index in [9.17, 15) is 18.0 Å². The predicted octanol–water partition coefficient (Wildman–Crippen LogP) is 3.87. The van der Waals surface area contributed by atoms with Crippen molar-refractivity contribution in [1.29, 1.82) is 0 Å². The standard InChI is InChI=1S/C21H24F3N3O2/c22-21(23,24)17-7-3-15(4-8-17)12-26-10-9-25-19(26)14-27(20(28)16-5-6-16)13-18-2-1-11-29-18/h3-4,7-10,16,18H,1-2,5-6,11-14H2/t18-/m0/s1. The summed E-state index contributed by atoms with van der Waals surface area (Å²) in [7, 11) is 0. The maximum Gasteiger partial charge on any atom is 0.416 e. The average Bonchev–Trinajstić information content (AvgIpc) is 3.25. The fourth-order valence-electron chi connectivity index (χ4n) is 3.66. The van der Waals surface area contributed by atoms with Gasteiger partial charge in [0, 0.05) is 38.0 Å².